The number of carboxylic acid groups (broad SMARTS) is 1. The number of anilines is 1. The van der Waals surface area contributed by atoms with Crippen molar-refractivity contribution in [2.24, 2.45) is 0 Å². The van der Waals surface area contributed by atoms with E-state index in [9.17, 15) is 18.0 Å². The van der Waals surface area contributed by atoms with Crippen LogP contribution in [-0.2, 0) is 25.4 Å². The van der Waals surface area contributed by atoms with Gasteiger partial charge in [-0.1, -0.05) is 25.7 Å². The van der Waals surface area contributed by atoms with Crippen molar-refractivity contribution in [2.75, 3.05) is 11.4 Å². The number of nitrogens with zero attached hydrogens (tertiary/aromatic N) is 1. The van der Waals surface area contributed by atoms with Crippen LogP contribution in [0.3, 0.4) is 0 Å². The van der Waals surface area contributed by atoms with E-state index in [0.29, 0.717) is 12.1 Å². The van der Waals surface area contributed by atoms with Gasteiger partial charge in [-0.3, -0.25) is 14.1 Å². The summed E-state index contributed by atoms with van der Waals surface area (Å²) in [5.41, 5.74) is 2.93. The lowest BCUT2D eigenvalue weighted by atomic mass is 9.77. The minimum absolute atomic E-state index is 0.0266. The van der Waals surface area contributed by atoms with Gasteiger partial charge >= 0.3 is 16.4 Å². The van der Waals surface area contributed by atoms with Crippen LogP contribution in [0.5, 0.6) is 5.75 Å². The van der Waals surface area contributed by atoms with Crippen molar-refractivity contribution in [2.45, 2.75) is 38.5 Å². The van der Waals surface area contributed by atoms with Crippen molar-refractivity contribution in [3.63, 3.8) is 0 Å². The summed E-state index contributed by atoms with van der Waals surface area (Å²) in [5, 5.41) is 8.86. The number of amides is 1. The molecule has 8 nitrogen and oxygen atoms in total. The summed E-state index contributed by atoms with van der Waals surface area (Å²) in [6, 6.07) is 11.5. The zero-order chi connectivity index (χ0) is 23.5. The van der Waals surface area contributed by atoms with Crippen LogP contribution in [0.25, 0.3) is 0 Å². The molecule has 0 aromatic heterocycles. The second-order valence-electron chi connectivity index (χ2n) is 8.09. The van der Waals surface area contributed by atoms with Gasteiger partial charge < -0.3 is 14.2 Å². The van der Waals surface area contributed by atoms with Gasteiger partial charge in [-0.05, 0) is 59.9 Å². The van der Waals surface area contributed by atoms with Crippen LogP contribution in [0.4, 0.5) is 5.69 Å². The summed E-state index contributed by atoms with van der Waals surface area (Å²) in [6.07, 6.45) is 0.491. The molecule has 0 unspecified atom stereocenters. The quantitative estimate of drug-likeness (QED) is 0.522. The maximum Gasteiger partial charge on any atom is 0.446 e. The lowest BCUT2D eigenvalue weighted by molar-refractivity contribution is -0.138. The lowest BCUT2D eigenvalue weighted by Crippen LogP contribution is -2.41. The predicted octanol–water partition coefficient (Wildman–Crippen LogP) is 3.15. The van der Waals surface area contributed by atoms with Crippen molar-refractivity contribution in [3.8, 4) is 17.6 Å². The van der Waals surface area contributed by atoms with E-state index in [-0.39, 0.29) is 29.9 Å². The summed E-state index contributed by atoms with van der Waals surface area (Å²) in [7, 11) is -4.58. The molecule has 0 saturated heterocycles. The molecule has 3 rings (SSSR count). The molecule has 2 N–H and O–H groups in total. The van der Waals surface area contributed by atoms with Crippen LogP contribution < -0.4 is 9.08 Å². The van der Waals surface area contributed by atoms with Gasteiger partial charge in [0.05, 0.1) is 6.42 Å². The second-order valence-corrected chi connectivity index (χ2v) is 9.11. The van der Waals surface area contributed by atoms with E-state index in [1.807, 2.05) is 12.1 Å². The highest BCUT2D eigenvalue weighted by Gasteiger charge is 2.33. The van der Waals surface area contributed by atoms with Gasteiger partial charge in [0, 0.05) is 29.8 Å². The molecule has 1 amide bonds. The topological polar surface area (TPSA) is 121 Å². The Labute approximate surface area is 186 Å². The Morgan fingerprint density at radius 3 is 2.31 bits per heavy atom. The first-order valence-electron chi connectivity index (χ1n) is 9.90. The van der Waals surface area contributed by atoms with E-state index in [1.54, 1.807) is 23.1 Å². The fraction of sp³-hybridized carbons (Fsp3) is 0.304. The fourth-order valence-corrected chi connectivity index (χ4v) is 3.86. The third kappa shape index (κ3) is 5.87. The number of carbonyl (C=O) groups excluding carboxylic acids is 1. The van der Waals surface area contributed by atoms with Crippen LogP contribution in [-0.4, -0.2) is 36.5 Å². The van der Waals surface area contributed by atoms with Gasteiger partial charge in [0.25, 0.3) is 0 Å². The number of rotatable bonds is 5. The molecular weight excluding hydrogens is 434 g/mol. The number of benzene rings is 2. The molecule has 2 aromatic carbocycles. The summed E-state index contributed by atoms with van der Waals surface area (Å²) in [6.45, 7) is 4.72. The molecule has 2 aromatic rings. The van der Waals surface area contributed by atoms with Gasteiger partial charge in [0.2, 0.25) is 5.91 Å². The minimum atomic E-state index is -4.58. The molecule has 0 fully saturated rings. The Morgan fingerprint density at radius 2 is 1.69 bits per heavy atom. The number of carbonyl (C=O) groups is 2. The largest absolute Gasteiger partial charge is 0.481 e. The monoisotopic (exact) mass is 457 g/mol. The van der Waals surface area contributed by atoms with Gasteiger partial charge in [-0.15, -0.1) is 0 Å². The number of fused-ring (bicyclic) bond motifs is 1. The van der Waals surface area contributed by atoms with Crippen LogP contribution in [0, 0.1) is 11.8 Å². The van der Waals surface area contributed by atoms with Gasteiger partial charge in [-0.25, -0.2) is 0 Å². The standard InChI is InChI=1S/C23H23NO7S/c1-23(2)13-14-24(21(25)11-12-22(26)27)20-10-7-17(15-19(20)23)4-3-16-5-8-18(9-6-16)31-32(28,29)30/h5-10,15H,11-14H2,1-2H3,(H,26,27)(H,28,29,30). The maximum atomic E-state index is 12.6. The predicted molar refractivity (Wildman–Crippen MR) is 118 cm³/mol. The molecule has 0 saturated carbocycles. The molecule has 1 aliphatic heterocycles. The molecule has 0 bridgehead atoms. The highest BCUT2D eigenvalue weighted by Crippen LogP contribution is 2.40. The average molecular weight is 458 g/mol. The number of hydrogen-bond acceptors (Lipinski definition) is 5. The van der Waals surface area contributed by atoms with Gasteiger partial charge in [0.1, 0.15) is 5.75 Å². The van der Waals surface area contributed by atoms with Crippen molar-refractivity contribution < 1.29 is 31.8 Å². The van der Waals surface area contributed by atoms with Crippen LogP contribution in [0.1, 0.15) is 49.8 Å². The summed E-state index contributed by atoms with van der Waals surface area (Å²) >= 11 is 0. The molecule has 0 atom stereocenters. The first-order chi connectivity index (χ1) is 14.9. The molecule has 32 heavy (non-hydrogen) atoms. The Hall–Kier alpha value is -3.35. The number of hydrogen-bond donors (Lipinski definition) is 2. The van der Waals surface area contributed by atoms with Crippen LogP contribution >= 0.6 is 0 Å². The van der Waals surface area contributed by atoms with E-state index in [4.69, 9.17) is 9.66 Å². The molecule has 168 valence electrons. The SMILES string of the molecule is CC1(C)CCN(C(=O)CCC(=O)O)c2ccc(C#Cc3ccc(OS(=O)(=O)O)cc3)cc21. The normalized spacial score (nSPS) is 14.7. The van der Waals surface area contributed by atoms with E-state index >= 15 is 0 Å². The van der Waals surface area contributed by atoms with Gasteiger partial charge in [-0.2, -0.15) is 8.42 Å². The van der Waals surface area contributed by atoms with Crippen molar-refractivity contribution in [3.05, 3.63) is 59.2 Å². The average Bonchev–Trinajstić information content (AvgIpc) is 2.70. The molecule has 1 aliphatic rings. The van der Waals surface area contributed by atoms with Crippen molar-refractivity contribution in [1.29, 1.82) is 0 Å². The van der Waals surface area contributed by atoms with Crippen LogP contribution in [0.15, 0.2) is 42.5 Å². The highest BCUT2D eigenvalue weighted by molar-refractivity contribution is 7.81. The number of aliphatic carboxylic acids is 1. The van der Waals surface area contributed by atoms with E-state index < -0.39 is 16.4 Å². The third-order valence-electron chi connectivity index (χ3n) is 5.24. The van der Waals surface area contributed by atoms with E-state index in [1.165, 1.54) is 12.1 Å². The first kappa shape index (κ1) is 23.3. The molecule has 0 radical (unpaired) electrons. The summed E-state index contributed by atoms with van der Waals surface area (Å²) in [5.74, 6) is 4.81. The smallest absolute Gasteiger partial charge is 0.446 e. The van der Waals surface area contributed by atoms with Gasteiger partial charge in [0.15, 0.2) is 0 Å². The Morgan fingerprint density at radius 1 is 1.06 bits per heavy atom. The Bertz CT molecular complexity index is 1210. The zero-order valence-electron chi connectivity index (χ0n) is 17.7. The molecule has 0 spiro atoms. The highest BCUT2D eigenvalue weighted by atomic mass is 32.3. The first-order valence-corrected chi connectivity index (χ1v) is 11.3. The molecule has 9 heteroatoms. The minimum Gasteiger partial charge on any atom is -0.481 e. The van der Waals surface area contributed by atoms with Crippen LogP contribution in [0.2, 0.25) is 0 Å². The van der Waals surface area contributed by atoms with Crippen molar-refractivity contribution in [1.82, 2.24) is 0 Å². The van der Waals surface area contributed by atoms with Crippen molar-refractivity contribution >= 4 is 28.0 Å². The molecular formula is C23H23NO7S. The maximum absolute atomic E-state index is 12.6. The fourth-order valence-electron chi connectivity index (χ4n) is 3.51. The van der Waals surface area contributed by atoms with E-state index in [2.05, 4.69) is 29.9 Å². The Kier molecular flexibility index (Phi) is 6.57. The summed E-state index contributed by atoms with van der Waals surface area (Å²) < 4.78 is 34.6. The second kappa shape index (κ2) is 9.02. The lowest BCUT2D eigenvalue weighted by Gasteiger charge is -2.39. The molecule has 0 aliphatic carbocycles. The zero-order valence-corrected chi connectivity index (χ0v) is 18.5. The summed E-state index contributed by atoms with van der Waals surface area (Å²) in [4.78, 5) is 25.0. The van der Waals surface area contributed by atoms with E-state index in [0.717, 1.165) is 23.2 Å². The number of carboxylic acids is 1. The molecule has 1 heterocycles. The Balaban J connectivity index is 1.84. The third-order valence-corrected chi connectivity index (χ3v) is 5.64.